The highest BCUT2D eigenvalue weighted by molar-refractivity contribution is 5.15. The molecule has 0 atom stereocenters. The summed E-state index contributed by atoms with van der Waals surface area (Å²) in [7, 11) is 0. The summed E-state index contributed by atoms with van der Waals surface area (Å²) < 4.78 is 5.40. The average Bonchev–Trinajstić information content (AvgIpc) is 3.08. The van der Waals surface area contributed by atoms with Crippen LogP contribution in [0.2, 0.25) is 0 Å². The molecule has 3 nitrogen and oxygen atoms in total. The Morgan fingerprint density at radius 1 is 1.29 bits per heavy atom. The lowest BCUT2D eigenvalue weighted by Gasteiger charge is -2.16. The van der Waals surface area contributed by atoms with Crippen molar-refractivity contribution in [3.05, 3.63) is 18.1 Å². The molecule has 2 rings (SSSR count). The molecule has 1 aliphatic rings. The van der Waals surface area contributed by atoms with Crippen molar-refractivity contribution >= 4 is 0 Å². The van der Waals surface area contributed by atoms with Crippen LogP contribution in [-0.4, -0.2) is 16.6 Å². The van der Waals surface area contributed by atoms with Gasteiger partial charge in [-0.15, -0.1) is 0 Å². The summed E-state index contributed by atoms with van der Waals surface area (Å²) >= 11 is 0. The van der Waals surface area contributed by atoms with E-state index < -0.39 is 0 Å². The lowest BCUT2D eigenvalue weighted by molar-refractivity contribution is 0.352. The highest BCUT2D eigenvalue weighted by Crippen LogP contribution is 2.27. The van der Waals surface area contributed by atoms with E-state index in [0.29, 0.717) is 18.4 Å². The summed E-state index contributed by atoms with van der Waals surface area (Å²) in [6, 6.07) is 0. The number of hydrogen-bond donors (Lipinski definition) is 0. The third kappa shape index (κ3) is 3.74. The minimum absolute atomic E-state index is 0.0251. The van der Waals surface area contributed by atoms with E-state index in [2.05, 4.69) is 42.6 Å². The van der Waals surface area contributed by atoms with Crippen LogP contribution in [0.4, 0.5) is 0 Å². The summed E-state index contributed by atoms with van der Waals surface area (Å²) in [5.74, 6) is 7.30. The van der Waals surface area contributed by atoms with Crippen LogP contribution < -0.4 is 4.74 Å². The molecule has 1 saturated carbocycles. The molecular weight excluding hydrogens is 212 g/mol. The molecule has 0 bridgehead atoms. The van der Waals surface area contributed by atoms with Crippen LogP contribution in [-0.2, 0) is 5.41 Å². The minimum atomic E-state index is 0.0251. The van der Waals surface area contributed by atoms with Gasteiger partial charge in [0.2, 0.25) is 5.88 Å². The number of ether oxygens (including phenoxy) is 1. The van der Waals surface area contributed by atoms with Crippen LogP contribution in [0.3, 0.4) is 0 Å². The molecule has 0 aliphatic heterocycles. The average molecular weight is 230 g/mol. The van der Waals surface area contributed by atoms with Gasteiger partial charge in [0.15, 0.2) is 6.61 Å². The molecule has 0 amide bonds. The van der Waals surface area contributed by atoms with E-state index in [1.807, 2.05) is 0 Å². The van der Waals surface area contributed by atoms with E-state index >= 15 is 0 Å². The molecule has 0 unspecified atom stereocenters. The molecule has 0 saturated heterocycles. The molecule has 0 spiro atoms. The molecule has 17 heavy (non-hydrogen) atoms. The van der Waals surface area contributed by atoms with E-state index in [-0.39, 0.29) is 5.41 Å². The highest BCUT2D eigenvalue weighted by atomic mass is 16.5. The zero-order valence-corrected chi connectivity index (χ0v) is 10.7. The van der Waals surface area contributed by atoms with E-state index in [9.17, 15) is 0 Å². The van der Waals surface area contributed by atoms with Crippen molar-refractivity contribution < 1.29 is 4.74 Å². The van der Waals surface area contributed by atoms with Gasteiger partial charge in [-0.1, -0.05) is 32.6 Å². The summed E-state index contributed by atoms with van der Waals surface area (Å²) in [5, 5.41) is 0. The van der Waals surface area contributed by atoms with Gasteiger partial charge < -0.3 is 4.74 Å². The van der Waals surface area contributed by atoms with E-state index in [0.717, 1.165) is 5.69 Å². The Morgan fingerprint density at radius 2 is 2.06 bits per heavy atom. The minimum Gasteiger partial charge on any atom is -0.463 e. The van der Waals surface area contributed by atoms with Crippen molar-refractivity contribution in [2.75, 3.05) is 6.61 Å². The van der Waals surface area contributed by atoms with Crippen molar-refractivity contribution in [1.82, 2.24) is 9.97 Å². The Bertz CT molecular complexity index is 430. The second-order valence-electron chi connectivity index (χ2n) is 5.37. The summed E-state index contributed by atoms with van der Waals surface area (Å²) in [4.78, 5) is 8.57. The first-order chi connectivity index (χ1) is 8.05. The fraction of sp³-hybridized carbons (Fsp3) is 0.571. The first-order valence-electron chi connectivity index (χ1n) is 5.99. The molecule has 90 valence electrons. The predicted molar refractivity (Wildman–Crippen MR) is 66.7 cm³/mol. The van der Waals surface area contributed by atoms with E-state index in [1.54, 1.807) is 12.4 Å². The monoisotopic (exact) mass is 230 g/mol. The van der Waals surface area contributed by atoms with Crippen molar-refractivity contribution in [1.29, 1.82) is 0 Å². The highest BCUT2D eigenvalue weighted by Gasteiger charge is 2.17. The van der Waals surface area contributed by atoms with Gasteiger partial charge in [-0.25, -0.2) is 4.98 Å². The molecular formula is C14H18N2O. The molecule has 1 fully saturated rings. The van der Waals surface area contributed by atoms with Crippen molar-refractivity contribution in [3.63, 3.8) is 0 Å². The standard InChI is InChI=1S/C14H18N2O/c1-14(2,3)12-9-16-13(10-15-12)17-8-4-5-11-6-7-11/h9-11H,6-8H2,1-3H3. The largest absolute Gasteiger partial charge is 0.463 e. The summed E-state index contributed by atoms with van der Waals surface area (Å²) in [6.45, 7) is 6.73. The van der Waals surface area contributed by atoms with Crippen molar-refractivity contribution in [2.24, 2.45) is 5.92 Å². The molecule has 3 heteroatoms. The van der Waals surface area contributed by atoms with Crippen molar-refractivity contribution in [3.8, 4) is 17.7 Å². The van der Waals surface area contributed by atoms with Crippen LogP contribution in [0.15, 0.2) is 12.4 Å². The number of rotatable bonds is 2. The summed E-state index contributed by atoms with van der Waals surface area (Å²) in [5.41, 5.74) is 0.992. The first kappa shape index (κ1) is 11.9. The molecule has 1 aromatic heterocycles. The van der Waals surface area contributed by atoms with Gasteiger partial charge in [0.25, 0.3) is 0 Å². The number of nitrogens with zero attached hydrogens (tertiary/aromatic N) is 2. The lowest BCUT2D eigenvalue weighted by atomic mass is 9.93. The Hall–Kier alpha value is -1.56. The van der Waals surface area contributed by atoms with Gasteiger partial charge in [-0.2, -0.15) is 0 Å². The Kier molecular flexibility index (Phi) is 3.33. The molecule has 0 aromatic carbocycles. The SMILES string of the molecule is CC(C)(C)c1cnc(OCC#CC2CC2)cn1. The van der Waals surface area contributed by atoms with Gasteiger partial charge in [-0.3, -0.25) is 4.98 Å². The maximum absolute atomic E-state index is 5.40. The normalized spacial score (nSPS) is 15.0. The van der Waals surface area contributed by atoms with Crippen molar-refractivity contribution in [2.45, 2.75) is 39.0 Å². The maximum atomic E-state index is 5.40. The predicted octanol–water partition coefficient (Wildman–Crippen LogP) is 2.57. The fourth-order valence-electron chi connectivity index (χ4n) is 1.30. The smallest absolute Gasteiger partial charge is 0.233 e. The summed E-state index contributed by atoms with van der Waals surface area (Å²) in [6.07, 6.45) is 5.92. The van der Waals surface area contributed by atoms with Gasteiger partial charge in [0, 0.05) is 11.3 Å². The third-order valence-electron chi connectivity index (χ3n) is 2.57. The molecule has 1 aromatic rings. The van der Waals surface area contributed by atoms with Crippen LogP contribution in [0.25, 0.3) is 0 Å². The zero-order valence-electron chi connectivity index (χ0n) is 10.7. The topological polar surface area (TPSA) is 35.0 Å². The van der Waals surface area contributed by atoms with Crippen LogP contribution in [0, 0.1) is 17.8 Å². The zero-order chi connectivity index (χ0) is 12.3. The molecule has 0 N–H and O–H groups in total. The van der Waals surface area contributed by atoms with Gasteiger partial charge >= 0.3 is 0 Å². The lowest BCUT2D eigenvalue weighted by Crippen LogP contribution is -2.13. The number of hydrogen-bond acceptors (Lipinski definition) is 3. The van der Waals surface area contributed by atoms with Gasteiger partial charge in [-0.05, 0) is 12.8 Å². The quantitative estimate of drug-likeness (QED) is 0.732. The fourth-order valence-corrected chi connectivity index (χ4v) is 1.30. The molecule has 1 aliphatic carbocycles. The maximum Gasteiger partial charge on any atom is 0.233 e. The third-order valence-corrected chi connectivity index (χ3v) is 2.57. The first-order valence-corrected chi connectivity index (χ1v) is 5.99. The second kappa shape index (κ2) is 4.75. The van der Waals surface area contributed by atoms with Gasteiger partial charge in [0.05, 0.1) is 18.1 Å². The van der Waals surface area contributed by atoms with Gasteiger partial charge in [0.1, 0.15) is 0 Å². The van der Waals surface area contributed by atoms with Crippen LogP contribution in [0.1, 0.15) is 39.3 Å². The molecule has 0 radical (unpaired) electrons. The molecule has 1 heterocycles. The Labute approximate surface area is 103 Å². The number of aromatic nitrogens is 2. The van der Waals surface area contributed by atoms with Crippen LogP contribution in [0.5, 0.6) is 5.88 Å². The Balaban J connectivity index is 1.87. The Morgan fingerprint density at radius 3 is 2.59 bits per heavy atom. The van der Waals surface area contributed by atoms with E-state index in [1.165, 1.54) is 12.8 Å². The van der Waals surface area contributed by atoms with Crippen LogP contribution >= 0.6 is 0 Å². The van der Waals surface area contributed by atoms with E-state index in [4.69, 9.17) is 4.74 Å². The second-order valence-corrected chi connectivity index (χ2v) is 5.37.